The Morgan fingerprint density at radius 1 is 1.00 bits per heavy atom. The largest absolute Gasteiger partial charge is 0.314 e. The van der Waals surface area contributed by atoms with E-state index in [-0.39, 0.29) is 0 Å². The highest BCUT2D eigenvalue weighted by Crippen LogP contribution is 2.33. The van der Waals surface area contributed by atoms with Gasteiger partial charge in [0, 0.05) is 6.04 Å². The molecule has 1 atom stereocenters. The first-order valence-electron chi connectivity index (χ1n) is 6.90. The maximum absolute atomic E-state index is 3.59. The maximum Gasteiger partial charge on any atom is 0.00438 e. The maximum atomic E-state index is 3.59. The lowest BCUT2D eigenvalue weighted by molar-refractivity contribution is 0.220. The molecular formula is C15H33N. The molecule has 0 bridgehead atoms. The summed E-state index contributed by atoms with van der Waals surface area (Å²) in [5.41, 5.74) is 0.935. The fourth-order valence-electron chi connectivity index (χ4n) is 2.11. The molecule has 98 valence electrons. The third kappa shape index (κ3) is 9.21. The number of hydrogen-bond acceptors (Lipinski definition) is 1. The Balaban J connectivity index is 3.93. The van der Waals surface area contributed by atoms with Crippen LogP contribution in [0.2, 0.25) is 0 Å². The minimum absolute atomic E-state index is 0.466. The molecular weight excluding hydrogens is 194 g/mol. The van der Waals surface area contributed by atoms with Crippen LogP contribution in [0.25, 0.3) is 0 Å². The summed E-state index contributed by atoms with van der Waals surface area (Å²) in [5.74, 6) is 0. The van der Waals surface area contributed by atoms with Gasteiger partial charge in [-0.3, -0.25) is 0 Å². The van der Waals surface area contributed by atoms with Crippen molar-refractivity contribution in [3.05, 3.63) is 0 Å². The lowest BCUT2D eigenvalue weighted by Gasteiger charge is -2.31. The molecule has 0 aromatic carbocycles. The van der Waals surface area contributed by atoms with E-state index in [1.165, 1.54) is 25.7 Å². The van der Waals surface area contributed by atoms with Crippen LogP contribution in [0.5, 0.6) is 0 Å². The van der Waals surface area contributed by atoms with Crippen molar-refractivity contribution < 1.29 is 0 Å². The molecule has 0 radical (unpaired) electrons. The normalized spacial score (nSPS) is 15.2. The van der Waals surface area contributed by atoms with Gasteiger partial charge >= 0.3 is 0 Å². The molecule has 0 spiro atoms. The predicted octanol–water partition coefficient (Wildman–Crippen LogP) is 4.62. The molecule has 1 heteroatoms. The Morgan fingerprint density at radius 3 is 2.00 bits per heavy atom. The van der Waals surface area contributed by atoms with Crippen LogP contribution in [-0.4, -0.2) is 12.6 Å². The first-order valence-corrected chi connectivity index (χ1v) is 6.90. The van der Waals surface area contributed by atoms with Gasteiger partial charge in [0.05, 0.1) is 0 Å². The minimum atomic E-state index is 0.466. The Bertz CT molecular complexity index is 176. The Labute approximate surface area is 103 Å². The number of rotatable bonds is 7. The van der Waals surface area contributed by atoms with Crippen LogP contribution < -0.4 is 5.32 Å². The topological polar surface area (TPSA) is 12.0 Å². The molecule has 0 saturated heterocycles. The summed E-state index contributed by atoms with van der Waals surface area (Å²) in [5, 5.41) is 3.59. The molecule has 1 unspecified atom stereocenters. The van der Waals surface area contributed by atoms with Crippen LogP contribution in [0.3, 0.4) is 0 Å². The van der Waals surface area contributed by atoms with Gasteiger partial charge in [-0.05, 0) is 50.0 Å². The van der Waals surface area contributed by atoms with E-state index < -0.39 is 0 Å². The van der Waals surface area contributed by atoms with Crippen LogP contribution in [0.1, 0.15) is 74.1 Å². The van der Waals surface area contributed by atoms with Crippen LogP contribution in [0.4, 0.5) is 0 Å². The molecule has 1 N–H and O–H groups in total. The summed E-state index contributed by atoms with van der Waals surface area (Å²) in [6, 6.07) is 0.648. The zero-order valence-corrected chi connectivity index (χ0v) is 12.6. The predicted molar refractivity (Wildman–Crippen MR) is 74.8 cm³/mol. The van der Waals surface area contributed by atoms with Gasteiger partial charge < -0.3 is 5.32 Å². The fraction of sp³-hybridized carbons (Fsp3) is 1.00. The third-order valence-corrected chi connectivity index (χ3v) is 3.15. The molecule has 0 aromatic rings. The summed E-state index contributed by atoms with van der Waals surface area (Å²) in [6.45, 7) is 17.5. The lowest BCUT2D eigenvalue weighted by Crippen LogP contribution is -2.32. The smallest absolute Gasteiger partial charge is 0.00438 e. The standard InChI is InChI=1S/C15H33N/c1-8-11-16-13(2)12-15(6,7)10-9-14(3,4)5/h13,16H,8-12H2,1-7H3. The van der Waals surface area contributed by atoms with E-state index in [0.29, 0.717) is 16.9 Å². The van der Waals surface area contributed by atoms with Crippen molar-refractivity contribution in [3.8, 4) is 0 Å². The highest BCUT2D eigenvalue weighted by atomic mass is 14.9. The molecule has 16 heavy (non-hydrogen) atoms. The van der Waals surface area contributed by atoms with Gasteiger partial charge in [-0.15, -0.1) is 0 Å². The number of hydrogen-bond donors (Lipinski definition) is 1. The molecule has 0 fully saturated rings. The summed E-state index contributed by atoms with van der Waals surface area (Å²) in [7, 11) is 0. The molecule has 0 heterocycles. The van der Waals surface area contributed by atoms with Crippen LogP contribution >= 0.6 is 0 Å². The lowest BCUT2D eigenvalue weighted by atomic mass is 9.77. The van der Waals surface area contributed by atoms with Crippen LogP contribution in [0, 0.1) is 10.8 Å². The van der Waals surface area contributed by atoms with Gasteiger partial charge in [0.25, 0.3) is 0 Å². The monoisotopic (exact) mass is 227 g/mol. The van der Waals surface area contributed by atoms with Crippen molar-refractivity contribution in [2.75, 3.05) is 6.54 Å². The van der Waals surface area contributed by atoms with Crippen molar-refractivity contribution in [3.63, 3.8) is 0 Å². The molecule has 0 aromatic heterocycles. The Hall–Kier alpha value is -0.0400. The number of nitrogens with one attached hydrogen (secondary N) is 1. The summed E-state index contributed by atoms with van der Waals surface area (Å²) < 4.78 is 0. The minimum Gasteiger partial charge on any atom is -0.314 e. The van der Waals surface area contributed by atoms with Crippen molar-refractivity contribution in [2.24, 2.45) is 10.8 Å². The third-order valence-electron chi connectivity index (χ3n) is 3.15. The van der Waals surface area contributed by atoms with E-state index in [0.717, 1.165) is 6.54 Å². The Morgan fingerprint density at radius 2 is 1.56 bits per heavy atom. The highest BCUT2D eigenvalue weighted by Gasteiger charge is 2.23. The fourth-order valence-corrected chi connectivity index (χ4v) is 2.11. The molecule has 0 amide bonds. The van der Waals surface area contributed by atoms with Gasteiger partial charge in [-0.1, -0.05) is 41.5 Å². The van der Waals surface area contributed by atoms with E-state index in [4.69, 9.17) is 0 Å². The van der Waals surface area contributed by atoms with E-state index in [1.54, 1.807) is 0 Å². The van der Waals surface area contributed by atoms with Crippen LogP contribution in [0.15, 0.2) is 0 Å². The van der Waals surface area contributed by atoms with E-state index >= 15 is 0 Å². The van der Waals surface area contributed by atoms with Gasteiger partial charge in [0.15, 0.2) is 0 Å². The second kappa shape index (κ2) is 6.64. The van der Waals surface area contributed by atoms with Crippen molar-refractivity contribution in [1.29, 1.82) is 0 Å². The zero-order chi connectivity index (χ0) is 12.8. The molecule has 0 rings (SSSR count). The Kier molecular flexibility index (Phi) is 6.62. The molecule has 0 aliphatic rings. The second-order valence-electron chi connectivity index (χ2n) is 7.28. The highest BCUT2D eigenvalue weighted by molar-refractivity contribution is 4.77. The van der Waals surface area contributed by atoms with E-state index in [2.05, 4.69) is 53.8 Å². The summed E-state index contributed by atoms with van der Waals surface area (Å²) in [6.07, 6.45) is 5.16. The zero-order valence-electron chi connectivity index (χ0n) is 12.6. The first kappa shape index (κ1) is 16.0. The molecule has 0 aliphatic carbocycles. The average molecular weight is 227 g/mol. The molecule has 0 saturated carbocycles. The average Bonchev–Trinajstić information content (AvgIpc) is 2.10. The van der Waals surface area contributed by atoms with Gasteiger partial charge in [-0.25, -0.2) is 0 Å². The second-order valence-corrected chi connectivity index (χ2v) is 7.28. The van der Waals surface area contributed by atoms with Crippen LogP contribution in [-0.2, 0) is 0 Å². The van der Waals surface area contributed by atoms with E-state index in [9.17, 15) is 0 Å². The molecule has 0 aliphatic heterocycles. The van der Waals surface area contributed by atoms with Gasteiger partial charge in [-0.2, -0.15) is 0 Å². The van der Waals surface area contributed by atoms with Crippen molar-refractivity contribution in [2.45, 2.75) is 80.2 Å². The van der Waals surface area contributed by atoms with Gasteiger partial charge in [0.2, 0.25) is 0 Å². The quantitative estimate of drug-likeness (QED) is 0.669. The van der Waals surface area contributed by atoms with Crippen molar-refractivity contribution >= 4 is 0 Å². The van der Waals surface area contributed by atoms with E-state index in [1.807, 2.05) is 0 Å². The first-order chi connectivity index (χ1) is 7.16. The summed E-state index contributed by atoms with van der Waals surface area (Å²) >= 11 is 0. The van der Waals surface area contributed by atoms with Crippen molar-refractivity contribution in [1.82, 2.24) is 5.32 Å². The molecule has 1 nitrogen and oxygen atoms in total. The van der Waals surface area contributed by atoms with Gasteiger partial charge in [0.1, 0.15) is 0 Å². The SMILES string of the molecule is CCCNC(C)CC(C)(C)CCC(C)(C)C. The summed E-state index contributed by atoms with van der Waals surface area (Å²) in [4.78, 5) is 0.